The van der Waals surface area contributed by atoms with Gasteiger partial charge in [0.15, 0.2) is 0 Å². The molecule has 1 fully saturated rings. The molecule has 2 aromatic carbocycles. The third kappa shape index (κ3) is 7.72. The van der Waals surface area contributed by atoms with E-state index >= 15 is 0 Å². The van der Waals surface area contributed by atoms with Crippen LogP contribution < -0.4 is 20.7 Å². The number of aryl methyl sites for hydroxylation is 1. The summed E-state index contributed by atoms with van der Waals surface area (Å²) in [6, 6.07) is 14.2. The fourth-order valence-corrected chi connectivity index (χ4v) is 5.55. The predicted molar refractivity (Wildman–Crippen MR) is 157 cm³/mol. The van der Waals surface area contributed by atoms with Crippen molar-refractivity contribution >= 4 is 23.8 Å². The maximum atomic E-state index is 13.4. The molecule has 1 saturated carbocycles. The monoisotopic (exact) mass is 546 g/mol. The summed E-state index contributed by atoms with van der Waals surface area (Å²) in [7, 11) is 1.66. The SMILES string of the molecule is Cc1cccc(C[C@H]2NC(=O)[C@@H](C)N(C)C(=O)CC3(CCCC3)NCCOc3ccccc3/C=C/CNC2=O)c1. The van der Waals surface area contributed by atoms with Crippen molar-refractivity contribution in [1.82, 2.24) is 20.9 Å². The van der Waals surface area contributed by atoms with Crippen molar-refractivity contribution in [3.05, 3.63) is 71.3 Å². The molecule has 3 N–H and O–H groups in total. The van der Waals surface area contributed by atoms with Crippen molar-refractivity contribution in [3.8, 4) is 5.75 Å². The van der Waals surface area contributed by atoms with E-state index < -0.39 is 12.1 Å². The molecule has 2 aliphatic rings. The first-order valence-corrected chi connectivity index (χ1v) is 14.3. The predicted octanol–water partition coefficient (Wildman–Crippen LogP) is 3.38. The number of nitrogens with zero attached hydrogens (tertiary/aromatic N) is 1. The second-order valence-corrected chi connectivity index (χ2v) is 11.1. The third-order valence-electron chi connectivity index (χ3n) is 8.03. The molecule has 0 unspecified atom stereocenters. The van der Waals surface area contributed by atoms with Gasteiger partial charge >= 0.3 is 0 Å². The van der Waals surface area contributed by atoms with E-state index in [4.69, 9.17) is 4.74 Å². The van der Waals surface area contributed by atoms with Gasteiger partial charge < -0.3 is 25.6 Å². The lowest BCUT2D eigenvalue weighted by molar-refractivity contribution is -0.140. The summed E-state index contributed by atoms with van der Waals surface area (Å²) in [5.74, 6) is 0.0368. The Bertz CT molecular complexity index is 1220. The summed E-state index contributed by atoms with van der Waals surface area (Å²) in [5.41, 5.74) is 2.64. The van der Waals surface area contributed by atoms with Crippen LogP contribution in [0, 0.1) is 6.92 Å². The fraction of sp³-hybridized carbons (Fsp3) is 0.469. The van der Waals surface area contributed by atoms with Gasteiger partial charge in [-0.25, -0.2) is 0 Å². The summed E-state index contributed by atoms with van der Waals surface area (Å²) in [5, 5.41) is 9.47. The fourth-order valence-electron chi connectivity index (χ4n) is 5.55. The number of hydrogen-bond acceptors (Lipinski definition) is 5. The van der Waals surface area contributed by atoms with Crippen molar-refractivity contribution in [2.24, 2.45) is 0 Å². The number of hydrogen-bond donors (Lipinski definition) is 3. The van der Waals surface area contributed by atoms with E-state index in [2.05, 4.69) is 16.0 Å². The Labute approximate surface area is 237 Å². The number of fused-ring (bicyclic) bond motifs is 1. The van der Waals surface area contributed by atoms with E-state index in [1.54, 1.807) is 14.0 Å². The Kier molecular flexibility index (Phi) is 9.98. The first-order chi connectivity index (χ1) is 19.3. The van der Waals surface area contributed by atoms with Crippen LogP contribution >= 0.6 is 0 Å². The summed E-state index contributed by atoms with van der Waals surface area (Å²) in [4.78, 5) is 41.5. The van der Waals surface area contributed by atoms with Crippen molar-refractivity contribution in [2.75, 3.05) is 26.7 Å². The van der Waals surface area contributed by atoms with Crippen LogP contribution in [0.5, 0.6) is 5.75 Å². The first kappa shape index (κ1) is 29.3. The number of nitrogens with one attached hydrogen (secondary N) is 3. The number of para-hydroxylation sites is 1. The highest BCUT2D eigenvalue weighted by Crippen LogP contribution is 2.33. The lowest BCUT2D eigenvalue weighted by Gasteiger charge is -2.33. The van der Waals surface area contributed by atoms with Crippen molar-refractivity contribution in [3.63, 3.8) is 0 Å². The molecule has 0 radical (unpaired) electrons. The molecule has 214 valence electrons. The molecular formula is C32H42N4O4. The minimum atomic E-state index is -0.783. The van der Waals surface area contributed by atoms with Gasteiger partial charge in [0.1, 0.15) is 24.4 Å². The first-order valence-electron chi connectivity index (χ1n) is 14.3. The molecule has 3 amide bonds. The number of benzene rings is 2. The van der Waals surface area contributed by atoms with E-state index in [1.165, 1.54) is 4.90 Å². The zero-order chi connectivity index (χ0) is 28.5. The summed E-state index contributed by atoms with van der Waals surface area (Å²) >= 11 is 0. The molecule has 1 heterocycles. The van der Waals surface area contributed by atoms with Gasteiger partial charge in [-0.2, -0.15) is 0 Å². The van der Waals surface area contributed by atoms with Crippen molar-refractivity contribution in [2.45, 2.75) is 70.0 Å². The number of rotatable bonds is 2. The third-order valence-corrected chi connectivity index (χ3v) is 8.03. The summed E-state index contributed by atoms with van der Waals surface area (Å²) in [6.07, 6.45) is 8.40. The van der Waals surface area contributed by atoms with E-state index in [0.29, 0.717) is 32.5 Å². The molecule has 40 heavy (non-hydrogen) atoms. The average Bonchev–Trinajstić information content (AvgIpc) is 3.40. The van der Waals surface area contributed by atoms with Crippen LogP contribution in [0.15, 0.2) is 54.6 Å². The van der Waals surface area contributed by atoms with Crippen LogP contribution in [-0.2, 0) is 20.8 Å². The van der Waals surface area contributed by atoms with Gasteiger partial charge in [0.25, 0.3) is 0 Å². The quantitative estimate of drug-likeness (QED) is 0.536. The van der Waals surface area contributed by atoms with Crippen LogP contribution in [-0.4, -0.2) is 67.0 Å². The number of ether oxygens (including phenoxy) is 1. The Morgan fingerprint density at radius 3 is 2.58 bits per heavy atom. The highest BCUT2D eigenvalue weighted by molar-refractivity contribution is 5.92. The lowest BCUT2D eigenvalue weighted by atomic mass is 9.92. The van der Waals surface area contributed by atoms with E-state index in [0.717, 1.165) is 48.1 Å². The summed E-state index contributed by atoms with van der Waals surface area (Å²) < 4.78 is 6.10. The molecule has 8 nitrogen and oxygen atoms in total. The number of carbonyl (C=O) groups is 3. The molecule has 1 aliphatic heterocycles. The molecule has 0 aromatic heterocycles. The van der Waals surface area contributed by atoms with Gasteiger partial charge in [-0.3, -0.25) is 14.4 Å². The van der Waals surface area contributed by atoms with Gasteiger partial charge in [0.05, 0.1) is 0 Å². The normalized spacial score (nSPS) is 23.7. The van der Waals surface area contributed by atoms with Gasteiger partial charge in [0.2, 0.25) is 17.7 Å². The average molecular weight is 547 g/mol. The molecule has 2 aromatic rings. The Morgan fingerprint density at radius 1 is 1.02 bits per heavy atom. The van der Waals surface area contributed by atoms with Gasteiger partial charge in [-0.05, 0) is 38.3 Å². The van der Waals surface area contributed by atoms with Crippen molar-refractivity contribution in [1.29, 1.82) is 0 Å². The van der Waals surface area contributed by atoms with E-state index in [1.807, 2.05) is 67.6 Å². The lowest BCUT2D eigenvalue weighted by Crippen LogP contribution is -2.55. The topological polar surface area (TPSA) is 99.8 Å². The van der Waals surface area contributed by atoms with Gasteiger partial charge in [-0.1, -0.05) is 73.0 Å². The molecule has 1 spiro atoms. The molecule has 8 heteroatoms. The maximum absolute atomic E-state index is 13.4. The number of likely N-dealkylation sites (N-methyl/N-ethyl adjacent to an activating group) is 1. The number of carbonyl (C=O) groups excluding carboxylic acids is 3. The molecule has 2 atom stereocenters. The zero-order valence-corrected chi connectivity index (χ0v) is 23.9. The highest BCUT2D eigenvalue weighted by atomic mass is 16.5. The second kappa shape index (κ2) is 13.6. The van der Waals surface area contributed by atoms with Crippen LogP contribution in [0.25, 0.3) is 6.08 Å². The van der Waals surface area contributed by atoms with Gasteiger partial charge in [-0.15, -0.1) is 0 Å². The Hall–Kier alpha value is -3.65. The molecule has 4 rings (SSSR count). The molecular weight excluding hydrogens is 504 g/mol. The minimum Gasteiger partial charge on any atom is -0.492 e. The maximum Gasteiger partial charge on any atom is 0.243 e. The van der Waals surface area contributed by atoms with Crippen molar-refractivity contribution < 1.29 is 19.1 Å². The highest BCUT2D eigenvalue weighted by Gasteiger charge is 2.37. The van der Waals surface area contributed by atoms with Crippen LogP contribution in [0.4, 0.5) is 0 Å². The van der Waals surface area contributed by atoms with Gasteiger partial charge in [0, 0.05) is 44.1 Å². The van der Waals surface area contributed by atoms with E-state index in [-0.39, 0.29) is 23.3 Å². The Morgan fingerprint density at radius 2 is 1.80 bits per heavy atom. The van der Waals surface area contributed by atoms with E-state index in [9.17, 15) is 14.4 Å². The second-order valence-electron chi connectivity index (χ2n) is 11.1. The molecule has 0 saturated heterocycles. The van der Waals surface area contributed by atoms with Crippen LogP contribution in [0.1, 0.15) is 55.7 Å². The van der Waals surface area contributed by atoms with Crippen LogP contribution in [0.3, 0.4) is 0 Å². The zero-order valence-electron chi connectivity index (χ0n) is 23.9. The molecule has 0 bridgehead atoms. The minimum absolute atomic E-state index is 0.0925. The Balaban J connectivity index is 1.58. The van der Waals surface area contributed by atoms with Crippen LogP contribution in [0.2, 0.25) is 0 Å². The number of amides is 3. The largest absolute Gasteiger partial charge is 0.492 e. The summed E-state index contributed by atoms with van der Waals surface area (Å²) in [6.45, 7) is 5.08. The smallest absolute Gasteiger partial charge is 0.243 e. The molecule has 1 aliphatic carbocycles. The standard InChI is InChI=1S/C32H42N4O4/c1-23-10-8-11-25(20-23)21-27-31(39)33-17-9-13-26-12-4-5-14-28(26)40-19-18-34-32(15-6-7-16-32)22-29(37)36(3)24(2)30(38)35-27/h4-5,8-14,20,24,27,34H,6-7,15-19,21-22H2,1-3H3,(H,33,39)(H,35,38)/b13-9+/t24-,27-/m1/s1.